The molecule has 0 fully saturated rings. The van der Waals surface area contributed by atoms with Crippen molar-refractivity contribution in [2.45, 2.75) is 19.7 Å². The van der Waals surface area contributed by atoms with E-state index in [0.717, 1.165) is 12.1 Å². The standard InChI is InChI=1S/C21H21F3O5/c1-13-19(29-12-27-2)10-16(17(11-25)20(13)28-3)18(26)9-6-14-4-7-15(8-5-14)21(22,23)24/h4-10,25H,11-12H2,1-3H3/b9-6+. The van der Waals surface area contributed by atoms with Crippen LogP contribution in [0.15, 0.2) is 36.4 Å². The third kappa shape index (κ3) is 5.36. The van der Waals surface area contributed by atoms with Crippen LogP contribution in [0.25, 0.3) is 6.08 Å². The van der Waals surface area contributed by atoms with Gasteiger partial charge in [-0.2, -0.15) is 13.2 Å². The molecule has 0 aliphatic rings. The van der Waals surface area contributed by atoms with Gasteiger partial charge in [-0.05, 0) is 36.8 Å². The third-order valence-corrected chi connectivity index (χ3v) is 4.21. The van der Waals surface area contributed by atoms with Crippen LogP contribution in [0.5, 0.6) is 11.5 Å². The molecule has 0 aliphatic heterocycles. The average Bonchev–Trinajstić information content (AvgIpc) is 2.70. The Labute approximate surface area is 166 Å². The summed E-state index contributed by atoms with van der Waals surface area (Å²) in [5, 5.41) is 9.73. The minimum atomic E-state index is -4.43. The zero-order valence-corrected chi connectivity index (χ0v) is 16.2. The van der Waals surface area contributed by atoms with Crippen molar-refractivity contribution in [3.63, 3.8) is 0 Å². The first-order valence-electron chi connectivity index (χ1n) is 8.55. The van der Waals surface area contributed by atoms with Crippen molar-refractivity contribution < 1.29 is 37.3 Å². The van der Waals surface area contributed by atoms with Gasteiger partial charge in [-0.1, -0.05) is 18.2 Å². The van der Waals surface area contributed by atoms with Crippen LogP contribution >= 0.6 is 0 Å². The Kier molecular flexibility index (Phi) is 7.41. The summed E-state index contributed by atoms with van der Waals surface area (Å²) in [6.45, 7) is 1.23. The molecule has 0 saturated carbocycles. The molecule has 0 amide bonds. The minimum absolute atomic E-state index is 0.0442. The van der Waals surface area contributed by atoms with Crippen LogP contribution in [0.1, 0.15) is 32.6 Å². The number of carbonyl (C=O) groups excluding carboxylic acids is 1. The number of alkyl halides is 3. The van der Waals surface area contributed by atoms with Crippen molar-refractivity contribution in [1.29, 1.82) is 0 Å². The van der Waals surface area contributed by atoms with Gasteiger partial charge in [-0.3, -0.25) is 4.79 Å². The van der Waals surface area contributed by atoms with Gasteiger partial charge >= 0.3 is 6.18 Å². The fourth-order valence-electron chi connectivity index (χ4n) is 2.76. The number of ether oxygens (including phenoxy) is 3. The van der Waals surface area contributed by atoms with Crippen molar-refractivity contribution in [2.24, 2.45) is 0 Å². The van der Waals surface area contributed by atoms with Crippen LogP contribution in [0.2, 0.25) is 0 Å². The zero-order chi connectivity index (χ0) is 21.6. The van der Waals surface area contributed by atoms with Gasteiger partial charge < -0.3 is 19.3 Å². The van der Waals surface area contributed by atoms with Gasteiger partial charge in [0.25, 0.3) is 0 Å². The summed E-state index contributed by atoms with van der Waals surface area (Å²) in [5.41, 5.74) is 0.691. The van der Waals surface area contributed by atoms with Crippen LogP contribution in [0.4, 0.5) is 13.2 Å². The molecule has 1 N–H and O–H groups in total. The van der Waals surface area contributed by atoms with Gasteiger partial charge in [0.05, 0.1) is 19.3 Å². The smallest absolute Gasteiger partial charge is 0.416 e. The molecule has 0 atom stereocenters. The molecule has 2 aromatic carbocycles. The van der Waals surface area contributed by atoms with E-state index in [4.69, 9.17) is 14.2 Å². The Morgan fingerprint density at radius 2 is 1.83 bits per heavy atom. The van der Waals surface area contributed by atoms with Crippen molar-refractivity contribution in [2.75, 3.05) is 21.0 Å². The van der Waals surface area contributed by atoms with E-state index in [0.29, 0.717) is 22.6 Å². The molecule has 0 spiro atoms. The number of hydrogen-bond donors (Lipinski definition) is 1. The van der Waals surface area contributed by atoms with E-state index in [2.05, 4.69) is 0 Å². The number of carbonyl (C=O) groups is 1. The first kappa shape index (κ1) is 22.4. The highest BCUT2D eigenvalue weighted by Gasteiger charge is 2.29. The molecule has 0 saturated heterocycles. The summed E-state index contributed by atoms with van der Waals surface area (Å²) in [5.74, 6) is 0.203. The van der Waals surface area contributed by atoms with Gasteiger partial charge in [-0.25, -0.2) is 0 Å². The molecule has 0 bridgehead atoms. The average molecular weight is 410 g/mol. The number of hydrogen-bond acceptors (Lipinski definition) is 5. The van der Waals surface area contributed by atoms with Gasteiger partial charge in [0.2, 0.25) is 0 Å². The molecule has 156 valence electrons. The summed E-state index contributed by atoms with van der Waals surface area (Å²) >= 11 is 0. The second-order valence-corrected chi connectivity index (χ2v) is 6.09. The van der Waals surface area contributed by atoms with Crippen molar-refractivity contribution >= 4 is 11.9 Å². The van der Waals surface area contributed by atoms with Crippen LogP contribution in [-0.2, 0) is 17.5 Å². The lowest BCUT2D eigenvalue weighted by Crippen LogP contribution is -2.09. The molecule has 2 aromatic rings. The Bertz CT molecular complexity index is 887. The van der Waals surface area contributed by atoms with E-state index in [1.165, 1.54) is 44.6 Å². The summed E-state index contributed by atoms with van der Waals surface area (Å²) in [7, 11) is 2.86. The van der Waals surface area contributed by atoms with Crippen LogP contribution < -0.4 is 9.47 Å². The highest BCUT2D eigenvalue weighted by Crippen LogP contribution is 2.35. The first-order valence-corrected chi connectivity index (χ1v) is 8.55. The van der Waals surface area contributed by atoms with Gasteiger partial charge in [0.1, 0.15) is 11.5 Å². The normalized spacial score (nSPS) is 11.7. The predicted molar refractivity (Wildman–Crippen MR) is 101 cm³/mol. The van der Waals surface area contributed by atoms with Crippen LogP contribution in [-0.4, -0.2) is 31.9 Å². The Balaban J connectivity index is 2.37. The van der Waals surface area contributed by atoms with Gasteiger partial charge in [0, 0.05) is 23.8 Å². The lowest BCUT2D eigenvalue weighted by Gasteiger charge is -2.17. The van der Waals surface area contributed by atoms with Crippen molar-refractivity contribution in [1.82, 2.24) is 0 Å². The second-order valence-electron chi connectivity index (χ2n) is 6.09. The Morgan fingerprint density at radius 3 is 2.34 bits per heavy atom. The molecule has 0 aromatic heterocycles. The minimum Gasteiger partial charge on any atom is -0.496 e. The number of ketones is 1. The number of halogens is 3. The summed E-state index contributed by atoms with van der Waals surface area (Å²) < 4.78 is 53.6. The first-order chi connectivity index (χ1) is 13.7. The predicted octanol–water partition coefficient (Wildman–Crippen LogP) is 4.39. The van der Waals surface area contributed by atoms with Gasteiger partial charge in [0.15, 0.2) is 12.6 Å². The zero-order valence-electron chi connectivity index (χ0n) is 16.2. The van der Waals surface area contributed by atoms with E-state index in [9.17, 15) is 23.1 Å². The van der Waals surface area contributed by atoms with E-state index in [1.807, 2.05) is 0 Å². The third-order valence-electron chi connectivity index (χ3n) is 4.21. The SMILES string of the molecule is COCOc1cc(C(=O)/C=C/c2ccc(C(F)(F)F)cc2)c(CO)c(OC)c1C. The molecule has 0 heterocycles. The fourth-order valence-corrected chi connectivity index (χ4v) is 2.76. The molecule has 0 radical (unpaired) electrons. The summed E-state index contributed by atoms with van der Waals surface area (Å²) in [4.78, 5) is 12.7. The largest absolute Gasteiger partial charge is 0.496 e. The second kappa shape index (κ2) is 9.58. The van der Waals surface area contributed by atoms with E-state index in [-0.39, 0.29) is 17.9 Å². The summed E-state index contributed by atoms with van der Waals surface area (Å²) in [6.07, 6.45) is -1.82. The number of benzene rings is 2. The maximum atomic E-state index is 12.7. The lowest BCUT2D eigenvalue weighted by atomic mass is 9.98. The molecule has 8 heteroatoms. The monoisotopic (exact) mass is 410 g/mol. The van der Waals surface area contributed by atoms with Crippen LogP contribution in [0.3, 0.4) is 0 Å². The Hall–Kier alpha value is -2.84. The molecule has 29 heavy (non-hydrogen) atoms. The molecule has 0 aliphatic carbocycles. The number of methoxy groups -OCH3 is 2. The highest BCUT2D eigenvalue weighted by atomic mass is 19.4. The van der Waals surface area contributed by atoms with Crippen molar-refractivity contribution in [3.05, 3.63) is 64.2 Å². The number of aliphatic hydroxyl groups is 1. The number of aliphatic hydroxyl groups excluding tert-OH is 1. The number of allylic oxidation sites excluding steroid dienone is 1. The Morgan fingerprint density at radius 1 is 1.17 bits per heavy atom. The van der Waals surface area contributed by atoms with E-state index >= 15 is 0 Å². The van der Waals surface area contributed by atoms with E-state index in [1.54, 1.807) is 6.92 Å². The number of rotatable bonds is 8. The molecule has 5 nitrogen and oxygen atoms in total. The molecular formula is C21H21F3O5. The van der Waals surface area contributed by atoms with Crippen LogP contribution in [0, 0.1) is 6.92 Å². The maximum absolute atomic E-state index is 12.7. The van der Waals surface area contributed by atoms with E-state index < -0.39 is 24.1 Å². The molecule has 0 unspecified atom stereocenters. The molecular weight excluding hydrogens is 389 g/mol. The topological polar surface area (TPSA) is 65.0 Å². The highest BCUT2D eigenvalue weighted by molar-refractivity contribution is 6.08. The quantitative estimate of drug-likeness (QED) is 0.397. The van der Waals surface area contributed by atoms with Gasteiger partial charge in [-0.15, -0.1) is 0 Å². The molecule has 2 rings (SSSR count). The van der Waals surface area contributed by atoms with Crippen molar-refractivity contribution in [3.8, 4) is 11.5 Å². The maximum Gasteiger partial charge on any atom is 0.416 e. The lowest BCUT2D eigenvalue weighted by molar-refractivity contribution is -0.137. The summed E-state index contributed by atoms with van der Waals surface area (Å²) in [6, 6.07) is 5.89. The fraction of sp³-hybridized carbons (Fsp3) is 0.286.